The molecule has 4 heteroatoms. The van der Waals surface area contributed by atoms with Crippen LogP contribution >= 0.6 is 0 Å². The average Bonchev–Trinajstić information content (AvgIpc) is 2.46. The van der Waals surface area contributed by atoms with E-state index >= 15 is 0 Å². The summed E-state index contributed by atoms with van der Waals surface area (Å²) in [5.41, 5.74) is 2.57. The number of aromatic nitrogens is 1. The van der Waals surface area contributed by atoms with E-state index in [0.29, 0.717) is 5.69 Å². The topological polar surface area (TPSA) is 45.6 Å². The van der Waals surface area contributed by atoms with Crippen LogP contribution in [-0.4, -0.2) is 24.2 Å². The normalized spacial score (nSPS) is 10.2. The SMILES string of the molecule is COc1ccccc1N(C)c1ccnc(CO)c1. The lowest BCUT2D eigenvalue weighted by molar-refractivity contribution is 0.277. The number of rotatable bonds is 4. The van der Waals surface area contributed by atoms with Gasteiger partial charge in [-0.3, -0.25) is 4.98 Å². The fourth-order valence-electron chi connectivity index (χ4n) is 1.81. The predicted molar refractivity (Wildman–Crippen MR) is 71.2 cm³/mol. The summed E-state index contributed by atoms with van der Waals surface area (Å²) < 4.78 is 5.34. The van der Waals surface area contributed by atoms with Crippen molar-refractivity contribution in [2.24, 2.45) is 0 Å². The number of para-hydroxylation sites is 2. The lowest BCUT2D eigenvalue weighted by atomic mass is 10.2. The van der Waals surface area contributed by atoms with Crippen LogP contribution in [0.1, 0.15) is 5.69 Å². The Bertz CT molecular complexity index is 529. The van der Waals surface area contributed by atoms with E-state index in [1.807, 2.05) is 48.3 Å². The van der Waals surface area contributed by atoms with Crippen LogP contribution in [0.5, 0.6) is 5.75 Å². The second kappa shape index (κ2) is 5.51. The maximum atomic E-state index is 9.11. The van der Waals surface area contributed by atoms with Gasteiger partial charge in [0.25, 0.3) is 0 Å². The van der Waals surface area contributed by atoms with Gasteiger partial charge in [0.05, 0.1) is 25.1 Å². The Kier molecular flexibility index (Phi) is 3.79. The van der Waals surface area contributed by atoms with Gasteiger partial charge in [-0.2, -0.15) is 0 Å². The van der Waals surface area contributed by atoms with E-state index in [2.05, 4.69) is 4.98 Å². The van der Waals surface area contributed by atoms with Crippen molar-refractivity contribution < 1.29 is 9.84 Å². The minimum atomic E-state index is -0.0619. The van der Waals surface area contributed by atoms with Gasteiger partial charge >= 0.3 is 0 Å². The number of hydrogen-bond acceptors (Lipinski definition) is 4. The summed E-state index contributed by atoms with van der Waals surface area (Å²) in [7, 11) is 3.60. The number of ether oxygens (including phenoxy) is 1. The molecule has 0 saturated heterocycles. The molecule has 1 N–H and O–H groups in total. The first kappa shape index (κ1) is 12.4. The van der Waals surface area contributed by atoms with Crippen molar-refractivity contribution in [1.82, 2.24) is 4.98 Å². The van der Waals surface area contributed by atoms with Gasteiger partial charge in [-0.05, 0) is 24.3 Å². The number of benzene rings is 1. The Labute approximate surface area is 106 Å². The number of nitrogens with zero attached hydrogens (tertiary/aromatic N) is 2. The molecule has 1 aromatic carbocycles. The van der Waals surface area contributed by atoms with Crippen molar-refractivity contribution in [3.05, 3.63) is 48.3 Å². The van der Waals surface area contributed by atoms with Gasteiger partial charge in [0.1, 0.15) is 5.75 Å². The summed E-state index contributed by atoms with van der Waals surface area (Å²) in [6, 6.07) is 11.5. The van der Waals surface area contributed by atoms with Crippen LogP contribution in [0.15, 0.2) is 42.6 Å². The highest BCUT2D eigenvalue weighted by molar-refractivity contribution is 5.68. The van der Waals surface area contributed by atoms with E-state index in [4.69, 9.17) is 9.84 Å². The molecule has 1 heterocycles. The molecule has 18 heavy (non-hydrogen) atoms. The summed E-state index contributed by atoms with van der Waals surface area (Å²) >= 11 is 0. The van der Waals surface area contributed by atoms with Crippen molar-refractivity contribution in [1.29, 1.82) is 0 Å². The van der Waals surface area contributed by atoms with Gasteiger partial charge in [-0.1, -0.05) is 12.1 Å². The zero-order valence-electron chi connectivity index (χ0n) is 10.5. The number of methoxy groups -OCH3 is 1. The lowest BCUT2D eigenvalue weighted by Crippen LogP contribution is -2.11. The predicted octanol–water partition coefficient (Wildman–Crippen LogP) is 2.35. The van der Waals surface area contributed by atoms with Gasteiger partial charge in [-0.25, -0.2) is 0 Å². The molecule has 0 amide bonds. The maximum absolute atomic E-state index is 9.11. The first-order valence-corrected chi connectivity index (χ1v) is 5.69. The van der Waals surface area contributed by atoms with Crippen LogP contribution in [-0.2, 0) is 6.61 Å². The fourth-order valence-corrected chi connectivity index (χ4v) is 1.81. The molecule has 0 unspecified atom stereocenters. The van der Waals surface area contributed by atoms with Crippen molar-refractivity contribution in [2.45, 2.75) is 6.61 Å². The zero-order chi connectivity index (χ0) is 13.0. The van der Waals surface area contributed by atoms with E-state index in [0.717, 1.165) is 17.1 Å². The van der Waals surface area contributed by atoms with Crippen LogP contribution < -0.4 is 9.64 Å². The Balaban J connectivity index is 2.37. The second-order valence-corrected chi connectivity index (χ2v) is 3.89. The Hall–Kier alpha value is -2.07. The molecular weight excluding hydrogens is 228 g/mol. The number of hydrogen-bond donors (Lipinski definition) is 1. The lowest BCUT2D eigenvalue weighted by Gasteiger charge is -2.22. The van der Waals surface area contributed by atoms with Crippen molar-refractivity contribution in [2.75, 3.05) is 19.1 Å². The van der Waals surface area contributed by atoms with Crippen molar-refractivity contribution in [3.8, 4) is 5.75 Å². The van der Waals surface area contributed by atoms with E-state index in [-0.39, 0.29) is 6.61 Å². The largest absolute Gasteiger partial charge is 0.495 e. The first-order chi connectivity index (χ1) is 8.76. The number of aliphatic hydroxyl groups is 1. The summed E-state index contributed by atoms with van der Waals surface area (Å²) in [5, 5.41) is 9.11. The highest BCUT2D eigenvalue weighted by Crippen LogP contribution is 2.31. The van der Waals surface area contributed by atoms with Gasteiger partial charge in [-0.15, -0.1) is 0 Å². The monoisotopic (exact) mass is 244 g/mol. The second-order valence-electron chi connectivity index (χ2n) is 3.89. The standard InChI is InChI=1S/C14H16N2O2/c1-16(12-7-8-15-11(9-12)10-17)13-5-3-4-6-14(13)18-2/h3-9,17H,10H2,1-2H3. The maximum Gasteiger partial charge on any atom is 0.142 e. The molecule has 0 saturated carbocycles. The van der Waals surface area contributed by atoms with Gasteiger partial charge in [0, 0.05) is 18.9 Å². The van der Waals surface area contributed by atoms with Crippen molar-refractivity contribution in [3.63, 3.8) is 0 Å². The Morgan fingerprint density at radius 2 is 2.06 bits per heavy atom. The van der Waals surface area contributed by atoms with Crippen molar-refractivity contribution >= 4 is 11.4 Å². The van der Waals surface area contributed by atoms with Gasteiger partial charge < -0.3 is 14.7 Å². The minimum Gasteiger partial charge on any atom is -0.495 e. The fraction of sp³-hybridized carbons (Fsp3) is 0.214. The van der Waals surface area contributed by atoms with Gasteiger partial charge in [0.15, 0.2) is 0 Å². The molecule has 0 radical (unpaired) electrons. The molecule has 0 bridgehead atoms. The zero-order valence-corrected chi connectivity index (χ0v) is 10.5. The highest BCUT2D eigenvalue weighted by atomic mass is 16.5. The van der Waals surface area contributed by atoms with Crippen LogP contribution in [0.3, 0.4) is 0 Å². The minimum absolute atomic E-state index is 0.0619. The average molecular weight is 244 g/mol. The quantitative estimate of drug-likeness (QED) is 0.896. The molecular formula is C14H16N2O2. The Morgan fingerprint density at radius 1 is 1.28 bits per heavy atom. The molecule has 0 spiro atoms. The van der Waals surface area contributed by atoms with E-state index in [1.165, 1.54) is 0 Å². The summed E-state index contributed by atoms with van der Waals surface area (Å²) in [6.07, 6.45) is 1.69. The summed E-state index contributed by atoms with van der Waals surface area (Å²) in [4.78, 5) is 6.07. The number of aliphatic hydroxyl groups excluding tert-OH is 1. The molecule has 2 aromatic rings. The molecule has 0 atom stereocenters. The molecule has 0 aliphatic carbocycles. The highest BCUT2D eigenvalue weighted by Gasteiger charge is 2.09. The molecule has 4 nitrogen and oxygen atoms in total. The van der Waals surface area contributed by atoms with Crippen LogP contribution in [0, 0.1) is 0 Å². The molecule has 0 aliphatic rings. The van der Waals surface area contributed by atoms with E-state index in [9.17, 15) is 0 Å². The summed E-state index contributed by atoms with van der Waals surface area (Å²) in [5.74, 6) is 0.808. The van der Waals surface area contributed by atoms with E-state index in [1.54, 1.807) is 13.3 Å². The van der Waals surface area contributed by atoms with Crippen LogP contribution in [0.2, 0.25) is 0 Å². The molecule has 1 aromatic heterocycles. The first-order valence-electron chi connectivity index (χ1n) is 5.69. The smallest absolute Gasteiger partial charge is 0.142 e. The number of pyridine rings is 1. The molecule has 0 fully saturated rings. The molecule has 94 valence electrons. The summed E-state index contributed by atoms with van der Waals surface area (Å²) in [6.45, 7) is -0.0619. The molecule has 0 aliphatic heterocycles. The van der Waals surface area contributed by atoms with Crippen LogP contribution in [0.25, 0.3) is 0 Å². The Morgan fingerprint density at radius 3 is 2.78 bits per heavy atom. The van der Waals surface area contributed by atoms with E-state index < -0.39 is 0 Å². The number of anilines is 2. The third kappa shape index (κ3) is 2.43. The third-order valence-electron chi connectivity index (χ3n) is 2.80. The van der Waals surface area contributed by atoms with Crippen LogP contribution in [0.4, 0.5) is 11.4 Å². The molecule has 2 rings (SSSR count). The third-order valence-corrected chi connectivity index (χ3v) is 2.80. The van der Waals surface area contributed by atoms with Gasteiger partial charge in [0.2, 0.25) is 0 Å².